The molecule has 0 saturated carbocycles. The predicted molar refractivity (Wildman–Crippen MR) is 146 cm³/mol. The van der Waals surface area contributed by atoms with E-state index in [9.17, 15) is 35.9 Å². The van der Waals surface area contributed by atoms with Gasteiger partial charge in [-0.1, -0.05) is 12.1 Å². The molecule has 3 heterocycles. The molecule has 1 aliphatic heterocycles. The van der Waals surface area contributed by atoms with Gasteiger partial charge in [0.05, 0.1) is 23.0 Å². The Kier molecular flexibility index (Phi) is 8.49. The van der Waals surface area contributed by atoms with Gasteiger partial charge in [0.25, 0.3) is 5.91 Å². The lowest BCUT2D eigenvalue weighted by Gasteiger charge is -2.22. The van der Waals surface area contributed by atoms with Crippen molar-refractivity contribution in [3.63, 3.8) is 0 Å². The first kappa shape index (κ1) is 30.1. The van der Waals surface area contributed by atoms with Crippen molar-refractivity contribution in [2.75, 3.05) is 7.05 Å². The van der Waals surface area contributed by atoms with E-state index in [1.165, 1.54) is 37.1 Å². The van der Waals surface area contributed by atoms with Crippen LogP contribution in [-0.2, 0) is 35.4 Å². The highest BCUT2D eigenvalue weighted by atomic mass is 32.2. The molecule has 224 valence electrons. The Balaban J connectivity index is 1.52. The maximum absolute atomic E-state index is 14.4. The molecule has 2 aromatic heterocycles. The molecule has 1 aliphatic rings. The molecule has 0 spiro atoms. The molecule has 2 amide bonds. The minimum absolute atomic E-state index is 0.0346. The molecule has 2 N–H and O–H groups in total. The zero-order chi connectivity index (χ0) is 30.9. The number of amides is 2. The molecule has 5 rings (SSSR count). The van der Waals surface area contributed by atoms with Crippen LogP contribution in [-0.4, -0.2) is 33.6 Å². The molecule has 0 radical (unpaired) electrons. The summed E-state index contributed by atoms with van der Waals surface area (Å²) in [5, 5.41) is 8.75. The lowest BCUT2D eigenvalue weighted by atomic mass is 9.94. The first-order valence-corrected chi connectivity index (χ1v) is 14.0. The van der Waals surface area contributed by atoms with Gasteiger partial charge in [-0.2, -0.15) is 30.0 Å². The van der Waals surface area contributed by atoms with E-state index in [1.807, 2.05) is 0 Å². The van der Waals surface area contributed by atoms with E-state index >= 15 is 0 Å². The van der Waals surface area contributed by atoms with E-state index < -0.39 is 53.7 Å². The zero-order valence-corrected chi connectivity index (χ0v) is 23.3. The minimum atomic E-state index is -4.69. The fraction of sp³-hybridized carbons (Fsp3) is 0.241. The summed E-state index contributed by atoms with van der Waals surface area (Å²) < 4.78 is 84.2. The normalized spacial score (nSPS) is 13.5. The second kappa shape index (κ2) is 12.1. The topological polar surface area (TPSA) is 88.9 Å². The van der Waals surface area contributed by atoms with Gasteiger partial charge in [-0.15, -0.1) is 0 Å². The Morgan fingerprint density at radius 1 is 1.05 bits per heavy atom. The minimum Gasteiger partial charge on any atom is -0.355 e. The van der Waals surface area contributed by atoms with Crippen LogP contribution in [0.25, 0.3) is 11.1 Å². The Hall–Kier alpha value is -4.33. The molecule has 1 atom stereocenters. The summed E-state index contributed by atoms with van der Waals surface area (Å²) >= 11 is 1.27. The average molecular weight is 620 g/mol. The van der Waals surface area contributed by atoms with E-state index in [-0.39, 0.29) is 40.3 Å². The highest BCUT2D eigenvalue weighted by Crippen LogP contribution is 2.40. The quantitative estimate of drug-likeness (QED) is 0.251. The van der Waals surface area contributed by atoms with Gasteiger partial charge in [0.2, 0.25) is 5.91 Å². The first-order chi connectivity index (χ1) is 20.4. The van der Waals surface area contributed by atoms with Crippen molar-refractivity contribution in [2.24, 2.45) is 0 Å². The molecule has 43 heavy (non-hydrogen) atoms. The Labute approximate surface area is 245 Å². The van der Waals surface area contributed by atoms with Gasteiger partial charge in [0.1, 0.15) is 24.0 Å². The summed E-state index contributed by atoms with van der Waals surface area (Å²) in [5.41, 5.74) is 0.175. The number of pyridine rings is 1. The van der Waals surface area contributed by atoms with Gasteiger partial charge < -0.3 is 10.6 Å². The van der Waals surface area contributed by atoms with Gasteiger partial charge in [-0.3, -0.25) is 19.3 Å². The number of nitrogens with one attached hydrogen (secondary N) is 2. The van der Waals surface area contributed by atoms with E-state index in [4.69, 9.17) is 0 Å². The standard InChI is InChI=1S/C29H23F6N5O2S/c1-36-28(42)20-10-16(4-5-22(20)32)19-3-2-6-37-26(19)23(9-15-7-17(30)11-18(31)8-15)38-25(41)12-40-24-14-43-13-21(24)27(39-40)29(33,34)35/h2-8,10-11,23H,9,12-14H2,1H3,(H,36,42)(H,38,41)/t23-/m0/s1. The molecule has 0 aliphatic carbocycles. The molecule has 7 nitrogen and oxygen atoms in total. The number of aromatic nitrogens is 3. The van der Waals surface area contributed by atoms with Crippen LogP contribution in [0.5, 0.6) is 0 Å². The predicted octanol–water partition coefficient (Wildman–Crippen LogP) is 5.59. The summed E-state index contributed by atoms with van der Waals surface area (Å²) in [6.45, 7) is -0.549. The van der Waals surface area contributed by atoms with E-state index in [0.29, 0.717) is 22.9 Å². The lowest BCUT2D eigenvalue weighted by Crippen LogP contribution is -2.34. The van der Waals surface area contributed by atoms with Crippen LogP contribution in [0, 0.1) is 17.5 Å². The van der Waals surface area contributed by atoms with Crippen molar-refractivity contribution >= 4 is 23.6 Å². The average Bonchev–Trinajstić information content (AvgIpc) is 3.56. The molecule has 2 aromatic carbocycles. The molecule has 0 bridgehead atoms. The number of rotatable bonds is 8. The number of carbonyl (C=O) groups is 2. The number of nitrogens with zero attached hydrogens (tertiary/aromatic N) is 3. The van der Waals surface area contributed by atoms with Gasteiger partial charge in [0.15, 0.2) is 5.69 Å². The van der Waals surface area contributed by atoms with Gasteiger partial charge in [0, 0.05) is 41.9 Å². The number of hydrogen-bond donors (Lipinski definition) is 2. The number of fused-ring (bicyclic) bond motifs is 1. The highest BCUT2D eigenvalue weighted by molar-refractivity contribution is 7.98. The third-order valence-electron chi connectivity index (χ3n) is 6.83. The fourth-order valence-electron chi connectivity index (χ4n) is 4.95. The number of carbonyl (C=O) groups excluding carboxylic acids is 2. The summed E-state index contributed by atoms with van der Waals surface area (Å²) in [5.74, 6) is -3.49. The molecule has 0 unspecified atom stereocenters. The molecular formula is C29H23F6N5O2S. The fourth-order valence-corrected chi connectivity index (χ4v) is 6.08. The summed E-state index contributed by atoms with van der Waals surface area (Å²) in [6.07, 6.45) is -3.43. The first-order valence-electron chi connectivity index (χ1n) is 12.9. The maximum atomic E-state index is 14.4. The van der Waals surface area contributed by atoms with Gasteiger partial charge in [-0.25, -0.2) is 13.2 Å². The number of alkyl halides is 3. The Morgan fingerprint density at radius 3 is 2.49 bits per heavy atom. The number of benzene rings is 2. The molecule has 0 saturated heterocycles. The van der Waals surface area contributed by atoms with E-state index in [2.05, 4.69) is 20.7 Å². The van der Waals surface area contributed by atoms with Crippen molar-refractivity contribution in [1.29, 1.82) is 0 Å². The number of thioether (sulfide) groups is 1. The third-order valence-corrected chi connectivity index (χ3v) is 7.80. The van der Waals surface area contributed by atoms with Crippen LogP contribution in [0.1, 0.15) is 44.6 Å². The summed E-state index contributed by atoms with van der Waals surface area (Å²) in [7, 11) is 1.35. The monoisotopic (exact) mass is 619 g/mol. The van der Waals surface area contributed by atoms with Gasteiger partial charge >= 0.3 is 6.18 Å². The third kappa shape index (κ3) is 6.53. The molecule has 4 aromatic rings. The lowest BCUT2D eigenvalue weighted by molar-refractivity contribution is -0.142. The van der Waals surface area contributed by atoms with Crippen molar-refractivity contribution in [3.05, 3.63) is 106 Å². The largest absolute Gasteiger partial charge is 0.435 e. The number of halogens is 6. The zero-order valence-electron chi connectivity index (χ0n) is 22.4. The second-order valence-electron chi connectivity index (χ2n) is 9.73. The summed E-state index contributed by atoms with van der Waals surface area (Å²) in [6, 6.07) is 8.81. The molecule has 14 heteroatoms. The second-order valence-corrected chi connectivity index (χ2v) is 10.7. The van der Waals surface area contributed by atoms with Crippen LogP contribution >= 0.6 is 11.8 Å². The maximum Gasteiger partial charge on any atom is 0.435 e. The van der Waals surface area contributed by atoms with Crippen LogP contribution in [0.3, 0.4) is 0 Å². The van der Waals surface area contributed by atoms with E-state index in [1.54, 1.807) is 12.1 Å². The van der Waals surface area contributed by atoms with Gasteiger partial charge in [-0.05, 0) is 47.9 Å². The van der Waals surface area contributed by atoms with Crippen molar-refractivity contribution < 1.29 is 35.9 Å². The molecular weight excluding hydrogens is 596 g/mol. The number of hydrogen-bond acceptors (Lipinski definition) is 5. The van der Waals surface area contributed by atoms with Crippen LogP contribution < -0.4 is 10.6 Å². The molecule has 0 fully saturated rings. The Morgan fingerprint density at radius 2 is 1.79 bits per heavy atom. The van der Waals surface area contributed by atoms with E-state index in [0.717, 1.165) is 22.9 Å². The highest BCUT2D eigenvalue weighted by Gasteiger charge is 2.40. The van der Waals surface area contributed by atoms with Crippen molar-refractivity contribution in [1.82, 2.24) is 25.4 Å². The van der Waals surface area contributed by atoms with Crippen LogP contribution in [0.4, 0.5) is 26.3 Å². The smallest absolute Gasteiger partial charge is 0.355 e. The SMILES string of the molecule is CNC(=O)c1cc(-c2cccnc2[C@H](Cc2cc(F)cc(F)c2)NC(=O)Cn2nc(C(F)(F)F)c3c2CSC3)ccc1F. The van der Waals surface area contributed by atoms with Crippen molar-refractivity contribution in [2.45, 2.75) is 36.7 Å². The van der Waals surface area contributed by atoms with Crippen molar-refractivity contribution in [3.8, 4) is 11.1 Å². The summed E-state index contributed by atoms with van der Waals surface area (Å²) in [4.78, 5) is 29.9. The van der Waals surface area contributed by atoms with Crippen LogP contribution in [0.2, 0.25) is 0 Å². The van der Waals surface area contributed by atoms with Crippen LogP contribution in [0.15, 0.2) is 54.7 Å². The Bertz CT molecular complexity index is 1690.